The van der Waals surface area contributed by atoms with Crippen LogP contribution in [0.5, 0.6) is 0 Å². The molecule has 4 nitrogen and oxygen atoms in total. The molecule has 0 aliphatic heterocycles. The molecular formula is C13H15NO3. The molecule has 0 saturated heterocycles. The molecular weight excluding hydrogens is 218 g/mol. The quantitative estimate of drug-likeness (QED) is 0.835. The first-order valence-electron chi connectivity index (χ1n) is 5.71. The van der Waals surface area contributed by atoms with E-state index in [1.54, 1.807) is 24.3 Å². The Morgan fingerprint density at radius 3 is 2.35 bits per heavy atom. The molecule has 17 heavy (non-hydrogen) atoms. The van der Waals surface area contributed by atoms with Crippen LogP contribution in [0.1, 0.15) is 41.7 Å². The monoisotopic (exact) mass is 233 g/mol. The van der Waals surface area contributed by atoms with Gasteiger partial charge in [0.25, 0.3) is 0 Å². The molecule has 1 saturated carbocycles. The van der Waals surface area contributed by atoms with Crippen LogP contribution in [0.3, 0.4) is 0 Å². The summed E-state index contributed by atoms with van der Waals surface area (Å²) in [7, 11) is 0. The van der Waals surface area contributed by atoms with E-state index in [4.69, 9.17) is 5.11 Å². The second-order valence-corrected chi connectivity index (χ2v) is 4.43. The van der Waals surface area contributed by atoms with Gasteiger partial charge in [0, 0.05) is 5.92 Å². The normalized spacial score (nSPS) is 16.3. The number of carbonyl (C=O) groups excluding carboxylic acids is 1. The summed E-state index contributed by atoms with van der Waals surface area (Å²) in [5.41, 5.74) is 1.18. The number of nitrogens with one attached hydrogen (secondary N) is 1. The summed E-state index contributed by atoms with van der Waals surface area (Å²) in [5.74, 6) is -0.651. The summed E-state index contributed by atoms with van der Waals surface area (Å²) in [5, 5.41) is 11.7. The van der Waals surface area contributed by atoms with Crippen LogP contribution in [0.25, 0.3) is 0 Å². The summed E-state index contributed by atoms with van der Waals surface area (Å²) in [4.78, 5) is 22.2. The molecule has 0 heterocycles. The zero-order chi connectivity index (χ0) is 12.4. The molecule has 2 N–H and O–H groups in total. The molecule has 1 fully saturated rings. The van der Waals surface area contributed by atoms with Gasteiger partial charge in [0.2, 0.25) is 5.91 Å². The van der Waals surface area contributed by atoms with E-state index in [-0.39, 0.29) is 23.4 Å². The first-order valence-corrected chi connectivity index (χ1v) is 5.71. The van der Waals surface area contributed by atoms with Crippen molar-refractivity contribution in [1.82, 2.24) is 5.32 Å². The van der Waals surface area contributed by atoms with Crippen LogP contribution in [0.15, 0.2) is 24.3 Å². The van der Waals surface area contributed by atoms with E-state index in [1.807, 2.05) is 6.92 Å². The maximum atomic E-state index is 11.6. The number of benzene rings is 1. The fraction of sp³-hybridized carbons (Fsp3) is 0.385. The van der Waals surface area contributed by atoms with E-state index in [1.165, 1.54) is 0 Å². The maximum absolute atomic E-state index is 11.6. The van der Waals surface area contributed by atoms with E-state index in [0.717, 1.165) is 18.4 Å². The third-order valence-electron chi connectivity index (χ3n) is 2.96. The molecule has 1 aromatic carbocycles. The Morgan fingerprint density at radius 2 is 1.88 bits per heavy atom. The Kier molecular flexibility index (Phi) is 3.13. The second kappa shape index (κ2) is 4.57. The van der Waals surface area contributed by atoms with Gasteiger partial charge in [-0.15, -0.1) is 0 Å². The zero-order valence-corrected chi connectivity index (χ0v) is 9.64. The lowest BCUT2D eigenvalue weighted by Gasteiger charge is -2.14. The van der Waals surface area contributed by atoms with Crippen LogP contribution in [0.2, 0.25) is 0 Å². The third kappa shape index (κ3) is 2.84. The summed E-state index contributed by atoms with van der Waals surface area (Å²) in [6, 6.07) is 6.50. The fourth-order valence-electron chi connectivity index (χ4n) is 1.67. The maximum Gasteiger partial charge on any atom is 0.335 e. The van der Waals surface area contributed by atoms with E-state index >= 15 is 0 Å². The Hall–Kier alpha value is -1.84. The highest BCUT2D eigenvalue weighted by Crippen LogP contribution is 2.29. The number of carboxylic acids is 1. The average Bonchev–Trinajstić information content (AvgIpc) is 3.12. The van der Waals surface area contributed by atoms with E-state index in [2.05, 4.69) is 5.32 Å². The molecule has 1 atom stereocenters. The highest BCUT2D eigenvalue weighted by atomic mass is 16.4. The highest BCUT2D eigenvalue weighted by molar-refractivity contribution is 5.87. The Bertz CT molecular complexity index is 434. The number of aromatic carboxylic acids is 1. The average molecular weight is 233 g/mol. The first kappa shape index (κ1) is 11.6. The van der Waals surface area contributed by atoms with Crippen molar-refractivity contribution in [3.8, 4) is 0 Å². The first-order chi connectivity index (χ1) is 8.08. The minimum Gasteiger partial charge on any atom is -0.478 e. The molecule has 0 radical (unpaired) electrons. The molecule has 1 aromatic rings. The summed E-state index contributed by atoms with van der Waals surface area (Å²) in [6.07, 6.45) is 1.97. The number of carbonyl (C=O) groups is 2. The van der Waals surface area contributed by atoms with E-state index in [0.29, 0.717) is 0 Å². The molecule has 1 unspecified atom stereocenters. The summed E-state index contributed by atoms with van der Waals surface area (Å²) in [6.45, 7) is 1.90. The molecule has 2 rings (SSSR count). The molecule has 0 aromatic heterocycles. The van der Waals surface area contributed by atoms with E-state index in [9.17, 15) is 9.59 Å². The SMILES string of the molecule is CC(NC(=O)C1CC1)c1ccc(C(=O)O)cc1. The lowest BCUT2D eigenvalue weighted by molar-refractivity contribution is -0.122. The van der Waals surface area contributed by atoms with Gasteiger partial charge in [-0.1, -0.05) is 12.1 Å². The van der Waals surface area contributed by atoms with Crippen molar-refractivity contribution in [3.63, 3.8) is 0 Å². The molecule has 1 amide bonds. The number of carboxylic acid groups (broad SMARTS) is 1. The van der Waals surface area contributed by atoms with Gasteiger partial charge in [0.05, 0.1) is 11.6 Å². The lowest BCUT2D eigenvalue weighted by Crippen LogP contribution is -2.27. The van der Waals surface area contributed by atoms with Gasteiger partial charge in [-0.3, -0.25) is 4.79 Å². The summed E-state index contributed by atoms with van der Waals surface area (Å²) < 4.78 is 0. The van der Waals surface area contributed by atoms with Crippen LogP contribution in [0, 0.1) is 5.92 Å². The highest BCUT2D eigenvalue weighted by Gasteiger charge is 2.30. The topological polar surface area (TPSA) is 66.4 Å². The van der Waals surface area contributed by atoms with Gasteiger partial charge < -0.3 is 10.4 Å². The molecule has 4 heteroatoms. The largest absolute Gasteiger partial charge is 0.478 e. The predicted octanol–water partition coefficient (Wildman–Crippen LogP) is 1.97. The molecule has 90 valence electrons. The van der Waals surface area contributed by atoms with Gasteiger partial charge in [-0.2, -0.15) is 0 Å². The van der Waals surface area contributed by atoms with Crippen molar-refractivity contribution in [2.24, 2.45) is 5.92 Å². The Labute approximate surface area is 99.6 Å². The van der Waals surface area contributed by atoms with Crippen molar-refractivity contribution in [2.45, 2.75) is 25.8 Å². The fourth-order valence-corrected chi connectivity index (χ4v) is 1.67. The lowest BCUT2D eigenvalue weighted by atomic mass is 10.1. The molecule has 1 aliphatic rings. The van der Waals surface area contributed by atoms with Crippen molar-refractivity contribution in [1.29, 1.82) is 0 Å². The third-order valence-corrected chi connectivity index (χ3v) is 2.96. The molecule has 0 spiro atoms. The smallest absolute Gasteiger partial charge is 0.335 e. The Balaban J connectivity index is 2.00. The van der Waals surface area contributed by atoms with E-state index < -0.39 is 5.97 Å². The van der Waals surface area contributed by atoms with Crippen molar-refractivity contribution < 1.29 is 14.7 Å². The van der Waals surface area contributed by atoms with Crippen molar-refractivity contribution >= 4 is 11.9 Å². The van der Waals surface area contributed by atoms with Crippen molar-refractivity contribution in [2.75, 3.05) is 0 Å². The van der Waals surface area contributed by atoms with Gasteiger partial charge >= 0.3 is 5.97 Å². The number of hydrogen-bond acceptors (Lipinski definition) is 2. The van der Waals surface area contributed by atoms with Gasteiger partial charge in [0.15, 0.2) is 0 Å². The van der Waals surface area contributed by atoms with Crippen molar-refractivity contribution in [3.05, 3.63) is 35.4 Å². The summed E-state index contributed by atoms with van der Waals surface area (Å²) >= 11 is 0. The Morgan fingerprint density at radius 1 is 1.29 bits per heavy atom. The van der Waals surface area contributed by atoms with Crippen LogP contribution in [0.4, 0.5) is 0 Å². The van der Waals surface area contributed by atoms with Crippen LogP contribution >= 0.6 is 0 Å². The minimum atomic E-state index is -0.939. The zero-order valence-electron chi connectivity index (χ0n) is 9.64. The van der Waals surface area contributed by atoms with Gasteiger partial charge in [-0.25, -0.2) is 4.79 Å². The minimum absolute atomic E-state index is 0.0778. The van der Waals surface area contributed by atoms with Crippen LogP contribution < -0.4 is 5.32 Å². The number of amides is 1. The second-order valence-electron chi connectivity index (χ2n) is 4.43. The van der Waals surface area contributed by atoms with Crippen LogP contribution in [-0.4, -0.2) is 17.0 Å². The van der Waals surface area contributed by atoms with Gasteiger partial charge in [0.1, 0.15) is 0 Å². The number of hydrogen-bond donors (Lipinski definition) is 2. The number of rotatable bonds is 4. The van der Waals surface area contributed by atoms with Gasteiger partial charge in [-0.05, 0) is 37.5 Å². The van der Waals surface area contributed by atoms with Crippen LogP contribution in [-0.2, 0) is 4.79 Å². The predicted molar refractivity (Wildman–Crippen MR) is 62.7 cm³/mol. The molecule has 1 aliphatic carbocycles. The molecule has 0 bridgehead atoms. The standard InChI is InChI=1S/C13H15NO3/c1-8(14-12(15)10-4-5-10)9-2-6-11(7-3-9)13(16)17/h2-3,6-8,10H,4-5H2,1H3,(H,14,15)(H,16,17).